The number of carbonyl (C=O) groups excluding carboxylic acids is 1. The van der Waals surface area contributed by atoms with Crippen molar-refractivity contribution in [2.24, 2.45) is 4.99 Å². The molecule has 0 aliphatic carbocycles. The van der Waals surface area contributed by atoms with E-state index in [1.54, 1.807) is 24.3 Å². The van der Waals surface area contributed by atoms with Gasteiger partial charge in [0.15, 0.2) is 10.7 Å². The van der Waals surface area contributed by atoms with Gasteiger partial charge in [-0.1, -0.05) is 23.5 Å². The van der Waals surface area contributed by atoms with Gasteiger partial charge >= 0.3 is 0 Å². The predicted molar refractivity (Wildman–Crippen MR) is 80.0 cm³/mol. The van der Waals surface area contributed by atoms with Crippen LogP contribution in [0.1, 0.15) is 15.4 Å². The number of nitriles is 1. The van der Waals surface area contributed by atoms with E-state index in [0.29, 0.717) is 11.3 Å². The number of hydrogen-bond donors (Lipinski definition) is 2. The van der Waals surface area contributed by atoms with Crippen LogP contribution in [-0.2, 0) is 0 Å². The summed E-state index contributed by atoms with van der Waals surface area (Å²) in [5.41, 5.74) is 8.66. The second-order valence-electron chi connectivity index (χ2n) is 3.83. The first-order valence-corrected chi connectivity index (χ1v) is 6.74. The summed E-state index contributed by atoms with van der Waals surface area (Å²) in [7, 11) is 0. The molecule has 21 heavy (non-hydrogen) atoms. The SMILES string of the molecule is C=CCN=c1sc(C#N)c(N)n1NC(=O)c1ccccn1. The fraction of sp³-hybridized carbons (Fsp3) is 0.0769. The minimum absolute atomic E-state index is 0.134. The van der Waals surface area contributed by atoms with E-state index in [1.165, 1.54) is 10.9 Å². The van der Waals surface area contributed by atoms with Crippen molar-refractivity contribution in [3.05, 3.63) is 52.4 Å². The Labute approximate surface area is 124 Å². The summed E-state index contributed by atoms with van der Waals surface area (Å²) >= 11 is 1.09. The molecule has 0 saturated heterocycles. The molecule has 2 heterocycles. The Morgan fingerprint density at radius 2 is 2.48 bits per heavy atom. The number of pyridine rings is 1. The van der Waals surface area contributed by atoms with Gasteiger partial charge in [-0.25, -0.2) is 4.68 Å². The topological polar surface area (TPSA) is 109 Å². The highest BCUT2D eigenvalue weighted by Gasteiger charge is 2.14. The normalized spacial score (nSPS) is 10.9. The molecule has 0 spiro atoms. The van der Waals surface area contributed by atoms with Crippen molar-refractivity contribution in [3.8, 4) is 6.07 Å². The fourth-order valence-corrected chi connectivity index (χ4v) is 2.28. The maximum absolute atomic E-state index is 12.1. The molecule has 0 radical (unpaired) electrons. The van der Waals surface area contributed by atoms with Crippen LogP contribution in [0.2, 0.25) is 0 Å². The Morgan fingerprint density at radius 1 is 1.67 bits per heavy atom. The van der Waals surface area contributed by atoms with Gasteiger partial charge in [0, 0.05) is 6.20 Å². The molecule has 0 fully saturated rings. The molecule has 2 rings (SSSR count). The molecule has 1 amide bonds. The Kier molecular flexibility index (Phi) is 4.48. The monoisotopic (exact) mass is 300 g/mol. The maximum atomic E-state index is 12.1. The first-order chi connectivity index (χ1) is 10.2. The van der Waals surface area contributed by atoms with Gasteiger partial charge in [0.05, 0.1) is 6.54 Å². The van der Waals surface area contributed by atoms with Crippen LogP contribution >= 0.6 is 11.3 Å². The van der Waals surface area contributed by atoms with E-state index in [1.807, 2.05) is 6.07 Å². The third-order valence-corrected chi connectivity index (χ3v) is 3.43. The van der Waals surface area contributed by atoms with Crippen LogP contribution in [0.25, 0.3) is 0 Å². The first kappa shape index (κ1) is 14.5. The number of nitrogens with zero attached hydrogens (tertiary/aromatic N) is 4. The van der Waals surface area contributed by atoms with Crippen molar-refractivity contribution in [1.82, 2.24) is 9.66 Å². The smallest absolute Gasteiger partial charge is 0.288 e. The first-order valence-electron chi connectivity index (χ1n) is 5.92. The number of nitrogens with two attached hydrogens (primary N) is 1. The lowest BCUT2D eigenvalue weighted by Gasteiger charge is -2.07. The van der Waals surface area contributed by atoms with E-state index in [-0.39, 0.29) is 16.4 Å². The summed E-state index contributed by atoms with van der Waals surface area (Å²) in [6.07, 6.45) is 3.12. The zero-order chi connectivity index (χ0) is 15.2. The van der Waals surface area contributed by atoms with Crippen LogP contribution in [0.3, 0.4) is 0 Å². The molecule has 7 nitrogen and oxygen atoms in total. The largest absolute Gasteiger partial charge is 0.382 e. The third-order valence-electron chi connectivity index (χ3n) is 2.43. The lowest BCUT2D eigenvalue weighted by Crippen LogP contribution is -2.32. The summed E-state index contributed by atoms with van der Waals surface area (Å²) in [6.45, 7) is 3.92. The van der Waals surface area contributed by atoms with E-state index in [9.17, 15) is 4.79 Å². The van der Waals surface area contributed by atoms with Crippen LogP contribution in [0.5, 0.6) is 0 Å². The van der Waals surface area contributed by atoms with Gasteiger partial charge in [0.2, 0.25) is 4.80 Å². The van der Waals surface area contributed by atoms with Gasteiger partial charge in [-0.2, -0.15) is 5.26 Å². The molecule has 2 aromatic rings. The standard InChI is InChI=1S/C13H12N6OS/c1-2-6-17-13-19(11(15)10(8-14)21-13)18-12(20)9-5-3-4-7-16-9/h2-5,7H,1,6,15H2,(H,18,20). The van der Waals surface area contributed by atoms with Crippen LogP contribution < -0.4 is 16.0 Å². The third kappa shape index (κ3) is 3.16. The Balaban J connectivity index is 2.40. The van der Waals surface area contributed by atoms with Gasteiger partial charge in [0.25, 0.3) is 5.91 Å². The van der Waals surface area contributed by atoms with Crippen molar-refractivity contribution in [1.29, 1.82) is 5.26 Å². The predicted octanol–water partition coefficient (Wildman–Crippen LogP) is 0.869. The maximum Gasteiger partial charge on any atom is 0.288 e. The van der Waals surface area contributed by atoms with Crippen LogP contribution in [0.4, 0.5) is 5.82 Å². The highest BCUT2D eigenvalue weighted by atomic mass is 32.1. The molecule has 0 saturated carbocycles. The number of aromatic nitrogens is 2. The summed E-state index contributed by atoms with van der Waals surface area (Å²) < 4.78 is 1.28. The summed E-state index contributed by atoms with van der Waals surface area (Å²) in [6, 6.07) is 6.95. The van der Waals surface area contributed by atoms with Crippen molar-refractivity contribution in [2.45, 2.75) is 0 Å². The Hall–Kier alpha value is -2.92. The van der Waals surface area contributed by atoms with Crippen molar-refractivity contribution in [2.75, 3.05) is 17.7 Å². The zero-order valence-corrected chi connectivity index (χ0v) is 11.8. The Bertz CT molecular complexity index is 768. The summed E-state index contributed by atoms with van der Waals surface area (Å²) in [5.74, 6) is -0.306. The molecule has 0 atom stereocenters. The second-order valence-corrected chi connectivity index (χ2v) is 4.81. The average molecular weight is 300 g/mol. The molecular weight excluding hydrogens is 288 g/mol. The highest BCUT2D eigenvalue weighted by Crippen LogP contribution is 2.12. The fourth-order valence-electron chi connectivity index (χ4n) is 1.48. The minimum Gasteiger partial charge on any atom is -0.382 e. The number of nitrogen functional groups attached to an aromatic ring is 1. The second kappa shape index (κ2) is 6.49. The zero-order valence-electron chi connectivity index (χ0n) is 11.0. The number of thiazole rings is 1. The van der Waals surface area contributed by atoms with Gasteiger partial charge < -0.3 is 5.73 Å². The van der Waals surface area contributed by atoms with Crippen molar-refractivity contribution >= 4 is 23.1 Å². The summed E-state index contributed by atoms with van der Waals surface area (Å²) in [4.78, 5) is 20.9. The molecule has 0 aliphatic heterocycles. The van der Waals surface area contributed by atoms with E-state index in [4.69, 9.17) is 11.0 Å². The van der Waals surface area contributed by atoms with Crippen LogP contribution in [0, 0.1) is 11.3 Å². The molecule has 0 aliphatic rings. The van der Waals surface area contributed by atoms with Crippen molar-refractivity contribution in [3.63, 3.8) is 0 Å². The van der Waals surface area contributed by atoms with E-state index in [0.717, 1.165) is 11.3 Å². The quantitative estimate of drug-likeness (QED) is 0.816. The molecule has 0 unspecified atom stereocenters. The minimum atomic E-state index is -0.440. The number of nitrogens with one attached hydrogen (secondary N) is 1. The molecule has 0 bridgehead atoms. The van der Waals surface area contributed by atoms with E-state index in [2.05, 4.69) is 22.0 Å². The van der Waals surface area contributed by atoms with Crippen LogP contribution in [0.15, 0.2) is 42.0 Å². The number of carbonyl (C=O) groups is 1. The molecular formula is C13H12N6OS. The summed E-state index contributed by atoms with van der Waals surface area (Å²) in [5, 5.41) is 9.01. The number of anilines is 1. The average Bonchev–Trinajstić information content (AvgIpc) is 2.82. The number of hydrogen-bond acceptors (Lipinski definition) is 6. The number of rotatable bonds is 4. The molecule has 3 N–H and O–H groups in total. The molecule has 106 valence electrons. The van der Waals surface area contributed by atoms with Gasteiger partial charge in [-0.05, 0) is 12.1 Å². The van der Waals surface area contributed by atoms with Gasteiger partial charge in [-0.3, -0.25) is 20.2 Å². The van der Waals surface area contributed by atoms with Crippen LogP contribution in [-0.4, -0.2) is 22.1 Å². The molecule has 8 heteroatoms. The van der Waals surface area contributed by atoms with E-state index < -0.39 is 5.91 Å². The highest BCUT2D eigenvalue weighted by molar-refractivity contribution is 7.10. The lowest BCUT2D eigenvalue weighted by molar-refractivity contribution is 0.100. The Morgan fingerprint density at radius 3 is 3.10 bits per heavy atom. The van der Waals surface area contributed by atoms with Gasteiger partial charge in [-0.15, -0.1) is 6.58 Å². The van der Waals surface area contributed by atoms with Gasteiger partial charge in [0.1, 0.15) is 11.8 Å². The molecule has 0 aromatic carbocycles. The molecule has 2 aromatic heterocycles. The van der Waals surface area contributed by atoms with E-state index >= 15 is 0 Å². The van der Waals surface area contributed by atoms with Crippen molar-refractivity contribution < 1.29 is 4.79 Å². The number of amides is 1. The lowest BCUT2D eigenvalue weighted by atomic mass is 10.3.